The summed E-state index contributed by atoms with van der Waals surface area (Å²) in [5.74, 6) is -0.687. The monoisotopic (exact) mass is 402 g/mol. The fourth-order valence-electron chi connectivity index (χ4n) is 2.62. The van der Waals surface area contributed by atoms with Gasteiger partial charge < -0.3 is 9.84 Å². The summed E-state index contributed by atoms with van der Waals surface area (Å²) >= 11 is 0. The summed E-state index contributed by atoms with van der Waals surface area (Å²) in [4.78, 5) is 21.5. The Labute approximate surface area is 176 Å². The molecule has 0 aliphatic heterocycles. The van der Waals surface area contributed by atoms with Crippen molar-refractivity contribution in [2.45, 2.75) is 84.5 Å². The van der Waals surface area contributed by atoms with Crippen LogP contribution in [0.15, 0.2) is 54.6 Å². The Morgan fingerprint density at radius 1 is 0.862 bits per heavy atom. The van der Waals surface area contributed by atoms with Gasteiger partial charge in [0.1, 0.15) is 5.75 Å². The zero-order chi connectivity index (χ0) is 21.9. The van der Waals surface area contributed by atoms with E-state index in [1.807, 2.05) is 6.07 Å². The molecule has 0 fully saturated rings. The van der Waals surface area contributed by atoms with Gasteiger partial charge in [0.05, 0.1) is 0 Å². The maximum Gasteiger partial charge on any atom is 0.338 e. The molecule has 4 heteroatoms. The predicted molar refractivity (Wildman–Crippen MR) is 120 cm³/mol. The highest BCUT2D eigenvalue weighted by Gasteiger charge is 2.03. The first kappa shape index (κ1) is 26.6. The molecule has 0 amide bonds. The number of unbranched alkanes of at least 4 members (excludes halogenated alkanes) is 9. The van der Waals surface area contributed by atoms with E-state index < -0.39 is 5.97 Å². The number of carbonyl (C=O) groups excluding carboxylic acids is 1. The van der Waals surface area contributed by atoms with E-state index >= 15 is 0 Å². The molecule has 29 heavy (non-hydrogen) atoms. The Kier molecular flexibility index (Phi) is 16.3. The number of hydrogen-bond donors (Lipinski definition) is 1. The van der Waals surface area contributed by atoms with Crippen LogP contribution < -0.4 is 4.74 Å². The molecule has 0 aliphatic carbocycles. The van der Waals surface area contributed by atoms with Crippen LogP contribution in [-0.2, 0) is 9.59 Å². The number of carboxylic acids is 1. The van der Waals surface area contributed by atoms with E-state index in [0.717, 1.165) is 12.8 Å². The van der Waals surface area contributed by atoms with Gasteiger partial charge in [-0.15, -0.1) is 0 Å². The number of hydrogen-bond acceptors (Lipinski definition) is 3. The van der Waals surface area contributed by atoms with Gasteiger partial charge in [0.15, 0.2) is 0 Å². The van der Waals surface area contributed by atoms with Crippen molar-refractivity contribution in [3.8, 4) is 5.75 Å². The summed E-state index contributed by atoms with van der Waals surface area (Å²) in [5, 5.41) is 8.63. The Morgan fingerprint density at radius 2 is 1.34 bits per heavy atom. The van der Waals surface area contributed by atoms with Crippen LogP contribution in [0.25, 0.3) is 0 Å². The lowest BCUT2D eigenvalue weighted by Crippen LogP contribution is -2.07. The molecule has 0 atom stereocenters. The molecule has 162 valence electrons. The normalized spacial score (nSPS) is 9.86. The number of carbonyl (C=O) groups is 2. The van der Waals surface area contributed by atoms with Gasteiger partial charge >= 0.3 is 11.9 Å². The van der Waals surface area contributed by atoms with Gasteiger partial charge in [-0.3, -0.25) is 0 Å². The standard InChI is InChI=1S/C15H28O2.C10H10O2/c1-3-4-5-6-7-8-9-10-11-12-13-14(2)15(16)17;1-8(2)10(11)12-9-6-4-3-5-7-9/h2-13H2,1H3,(H,16,17);3-7H,1H2,2H3. The van der Waals surface area contributed by atoms with Crippen LogP contribution in [0.2, 0.25) is 0 Å². The van der Waals surface area contributed by atoms with Gasteiger partial charge in [-0.2, -0.15) is 0 Å². The van der Waals surface area contributed by atoms with E-state index in [1.54, 1.807) is 31.2 Å². The minimum atomic E-state index is -0.846. The number of ether oxygens (including phenoxy) is 1. The van der Waals surface area contributed by atoms with E-state index in [2.05, 4.69) is 20.1 Å². The third-order valence-electron chi connectivity index (χ3n) is 4.44. The molecular weight excluding hydrogens is 364 g/mol. The Morgan fingerprint density at radius 3 is 1.79 bits per heavy atom. The molecule has 0 saturated heterocycles. The number of para-hydroxylation sites is 1. The van der Waals surface area contributed by atoms with Crippen LogP contribution in [-0.4, -0.2) is 17.0 Å². The molecule has 0 aliphatic rings. The van der Waals surface area contributed by atoms with Crippen LogP contribution in [0.1, 0.15) is 84.5 Å². The first-order valence-corrected chi connectivity index (χ1v) is 10.7. The number of carboxylic acid groups (broad SMARTS) is 1. The zero-order valence-electron chi connectivity index (χ0n) is 18.3. The van der Waals surface area contributed by atoms with Crippen LogP contribution in [0.4, 0.5) is 0 Å². The molecule has 0 bridgehead atoms. The van der Waals surface area contributed by atoms with Crippen LogP contribution in [0.3, 0.4) is 0 Å². The van der Waals surface area contributed by atoms with Crippen LogP contribution in [0, 0.1) is 0 Å². The van der Waals surface area contributed by atoms with Crippen molar-refractivity contribution in [1.82, 2.24) is 0 Å². The average Bonchev–Trinajstić information content (AvgIpc) is 2.70. The minimum absolute atomic E-state index is 0.351. The first-order valence-electron chi connectivity index (χ1n) is 10.7. The highest BCUT2D eigenvalue weighted by molar-refractivity contribution is 5.88. The molecule has 0 radical (unpaired) electrons. The summed E-state index contributed by atoms with van der Waals surface area (Å²) in [6.45, 7) is 10.9. The van der Waals surface area contributed by atoms with Crippen molar-refractivity contribution in [2.75, 3.05) is 0 Å². The SMILES string of the molecule is C=C(C)C(=O)Oc1ccccc1.C=C(CCCCCCCCCCCC)C(=O)O. The minimum Gasteiger partial charge on any atom is -0.478 e. The Balaban J connectivity index is 0.000000571. The second-order valence-electron chi connectivity index (χ2n) is 7.32. The fourth-order valence-corrected chi connectivity index (χ4v) is 2.62. The Hall–Kier alpha value is -2.36. The zero-order valence-corrected chi connectivity index (χ0v) is 18.3. The predicted octanol–water partition coefficient (Wildman–Crippen LogP) is 7.11. The molecule has 4 nitrogen and oxygen atoms in total. The molecule has 1 aromatic carbocycles. The van der Waals surface area contributed by atoms with Gasteiger partial charge in [-0.25, -0.2) is 9.59 Å². The number of aliphatic carboxylic acids is 1. The molecular formula is C25H38O4. The highest BCUT2D eigenvalue weighted by atomic mass is 16.5. The van der Waals surface area contributed by atoms with Gasteiger partial charge in [-0.05, 0) is 31.9 Å². The second-order valence-corrected chi connectivity index (χ2v) is 7.32. The molecule has 1 N–H and O–H groups in total. The number of esters is 1. The number of benzene rings is 1. The van der Waals surface area contributed by atoms with Gasteiger partial charge in [0.2, 0.25) is 0 Å². The first-order chi connectivity index (χ1) is 13.9. The van der Waals surface area contributed by atoms with Crippen molar-refractivity contribution < 1.29 is 19.4 Å². The van der Waals surface area contributed by atoms with Crippen molar-refractivity contribution in [3.63, 3.8) is 0 Å². The maximum atomic E-state index is 11.0. The van der Waals surface area contributed by atoms with E-state index in [0.29, 0.717) is 23.3 Å². The Bertz CT molecular complexity index is 605. The van der Waals surface area contributed by atoms with Crippen molar-refractivity contribution in [3.05, 3.63) is 54.6 Å². The van der Waals surface area contributed by atoms with Crippen molar-refractivity contribution >= 4 is 11.9 Å². The second kappa shape index (κ2) is 17.7. The summed E-state index contributed by atoms with van der Waals surface area (Å²) in [5.41, 5.74) is 0.753. The summed E-state index contributed by atoms with van der Waals surface area (Å²) in [6, 6.07) is 8.92. The maximum absolute atomic E-state index is 11.0. The molecule has 0 saturated carbocycles. The lowest BCUT2D eigenvalue weighted by atomic mass is 10.0. The summed E-state index contributed by atoms with van der Waals surface area (Å²) in [6.07, 6.45) is 13.4. The summed E-state index contributed by atoms with van der Waals surface area (Å²) in [7, 11) is 0. The molecule has 1 rings (SSSR count). The van der Waals surface area contributed by atoms with Crippen molar-refractivity contribution in [2.24, 2.45) is 0 Å². The molecule has 0 heterocycles. The van der Waals surface area contributed by atoms with Gasteiger partial charge in [0, 0.05) is 11.1 Å². The fraction of sp³-hybridized carbons (Fsp3) is 0.520. The molecule has 0 aromatic heterocycles. The van der Waals surface area contributed by atoms with E-state index in [9.17, 15) is 9.59 Å². The third-order valence-corrected chi connectivity index (χ3v) is 4.44. The van der Waals surface area contributed by atoms with E-state index in [-0.39, 0.29) is 5.97 Å². The molecule has 0 spiro atoms. The van der Waals surface area contributed by atoms with E-state index in [4.69, 9.17) is 9.84 Å². The number of rotatable bonds is 14. The molecule has 0 unspecified atom stereocenters. The largest absolute Gasteiger partial charge is 0.478 e. The van der Waals surface area contributed by atoms with E-state index in [1.165, 1.54) is 51.4 Å². The topological polar surface area (TPSA) is 63.6 Å². The van der Waals surface area contributed by atoms with Crippen molar-refractivity contribution in [1.29, 1.82) is 0 Å². The smallest absolute Gasteiger partial charge is 0.338 e. The lowest BCUT2D eigenvalue weighted by molar-refractivity contribution is -0.133. The average molecular weight is 403 g/mol. The van der Waals surface area contributed by atoms with Gasteiger partial charge in [-0.1, -0.05) is 96.1 Å². The third kappa shape index (κ3) is 16.3. The lowest BCUT2D eigenvalue weighted by Gasteiger charge is -2.02. The van der Waals surface area contributed by atoms with Crippen LogP contribution >= 0.6 is 0 Å². The van der Waals surface area contributed by atoms with Gasteiger partial charge in [0.25, 0.3) is 0 Å². The molecule has 1 aromatic rings. The highest BCUT2D eigenvalue weighted by Crippen LogP contribution is 2.13. The van der Waals surface area contributed by atoms with Crippen LogP contribution in [0.5, 0.6) is 5.75 Å². The summed E-state index contributed by atoms with van der Waals surface area (Å²) < 4.78 is 4.94. The quantitative estimate of drug-likeness (QED) is 0.156.